The van der Waals surface area contributed by atoms with Gasteiger partial charge in [-0.3, -0.25) is 0 Å². The van der Waals surface area contributed by atoms with Gasteiger partial charge in [0, 0.05) is 17.8 Å². The van der Waals surface area contributed by atoms with Crippen molar-refractivity contribution in [1.29, 1.82) is 0 Å². The lowest BCUT2D eigenvalue weighted by Crippen LogP contribution is -2.12. The fourth-order valence-electron chi connectivity index (χ4n) is 2.87. The van der Waals surface area contributed by atoms with Crippen molar-refractivity contribution in [3.05, 3.63) is 42.0 Å². The fourth-order valence-corrected chi connectivity index (χ4v) is 3.39. The molecule has 1 unspecified atom stereocenters. The third kappa shape index (κ3) is 5.32. The summed E-state index contributed by atoms with van der Waals surface area (Å²) in [6.07, 6.45) is -1.36. The summed E-state index contributed by atoms with van der Waals surface area (Å²) in [5.74, 6) is 0.619. The van der Waals surface area contributed by atoms with E-state index in [-0.39, 0.29) is 10.8 Å². The third-order valence-electron chi connectivity index (χ3n) is 4.42. The molecule has 0 aliphatic heterocycles. The molecule has 0 radical (unpaired) electrons. The summed E-state index contributed by atoms with van der Waals surface area (Å²) in [5.41, 5.74) is -0.556. The van der Waals surface area contributed by atoms with Crippen LogP contribution in [0.2, 0.25) is 0 Å². The first-order valence-electron chi connectivity index (χ1n) is 8.73. The highest BCUT2D eigenvalue weighted by molar-refractivity contribution is 7.89. The minimum Gasteiger partial charge on any atom is -0.303 e. The van der Waals surface area contributed by atoms with Crippen LogP contribution >= 0.6 is 0 Å². The number of rotatable bonds is 7. The number of nitrogens with zero attached hydrogens (tertiary/aromatic N) is 2. The Labute approximate surface area is 157 Å². The molecule has 5 nitrogen and oxygen atoms in total. The topological polar surface area (TPSA) is 78.0 Å². The van der Waals surface area contributed by atoms with E-state index in [2.05, 4.69) is 18.8 Å². The van der Waals surface area contributed by atoms with Crippen LogP contribution in [0.3, 0.4) is 0 Å². The van der Waals surface area contributed by atoms with Crippen molar-refractivity contribution in [2.75, 3.05) is 0 Å². The molecule has 0 aliphatic rings. The quantitative estimate of drug-likeness (QED) is 0.741. The van der Waals surface area contributed by atoms with Crippen LogP contribution in [0.4, 0.5) is 13.2 Å². The minimum atomic E-state index is -4.56. The molecule has 9 heteroatoms. The van der Waals surface area contributed by atoms with Crippen molar-refractivity contribution < 1.29 is 21.6 Å². The number of hydrogen-bond donors (Lipinski definition) is 1. The van der Waals surface area contributed by atoms with Gasteiger partial charge in [-0.25, -0.2) is 18.5 Å². The van der Waals surface area contributed by atoms with Gasteiger partial charge < -0.3 is 4.57 Å². The van der Waals surface area contributed by atoms with E-state index in [0.717, 1.165) is 19.0 Å². The zero-order chi connectivity index (χ0) is 20.4. The van der Waals surface area contributed by atoms with Crippen molar-refractivity contribution in [1.82, 2.24) is 9.55 Å². The Kier molecular flexibility index (Phi) is 6.36. The molecular weight excluding hydrogens is 379 g/mol. The molecule has 0 saturated carbocycles. The van der Waals surface area contributed by atoms with Crippen molar-refractivity contribution in [3.63, 3.8) is 0 Å². The Morgan fingerprint density at radius 1 is 1.15 bits per heavy atom. The second-order valence-electron chi connectivity index (χ2n) is 6.97. The van der Waals surface area contributed by atoms with Gasteiger partial charge in [0.05, 0.1) is 4.90 Å². The van der Waals surface area contributed by atoms with E-state index >= 15 is 0 Å². The van der Waals surface area contributed by atoms with E-state index in [9.17, 15) is 21.6 Å². The van der Waals surface area contributed by atoms with Crippen molar-refractivity contribution in [2.24, 2.45) is 11.1 Å². The number of aromatic nitrogens is 2. The standard InChI is InChI=1S/C18H24F3N3O2S/c1-4-13(6-5-12(2)3)17-23-16(18(19,20)21)11-24(17)14-7-9-15(10-8-14)27(22,25)26/h7-13H,4-6H2,1-3H3,(H2,22,25,26). The molecule has 1 heterocycles. The largest absolute Gasteiger partial charge is 0.434 e. The first-order valence-corrected chi connectivity index (χ1v) is 10.3. The van der Waals surface area contributed by atoms with Gasteiger partial charge in [-0.1, -0.05) is 27.2 Å². The molecular formula is C18H24F3N3O2S. The fraction of sp³-hybridized carbons (Fsp3) is 0.500. The number of benzene rings is 1. The molecule has 1 aromatic carbocycles. The lowest BCUT2D eigenvalue weighted by molar-refractivity contribution is -0.141. The molecule has 0 amide bonds. The molecule has 150 valence electrons. The molecule has 0 saturated heterocycles. The number of hydrogen-bond acceptors (Lipinski definition) is 3. The lowest BCUT2D eigenvalue weighted by atomic mass is 9.95. The van der Waals surface area contributed by atoms with Crippen LogP contribution in [0.1, 0.15) is 57.5 Å². The van der Waals surface area contributed by atoms with Crippen LogP contribution in [-0.4, -0.2) is 18.0 Å². The van der Waals surface area contributed by atoms with Gasteiger partial charge in [0.2, 0.25) is 10.0 Å². The summed E-state index contributed by atoms with van der Waals surface area (Å²) in [6.45, 7) is 6.04. The summed E-state index contributed by atoms with van der Waals surface area (Å²) in [5, 5.41) is 5.08. The molecule has 1 atom stereocenters. The van der Waals surface area contributed by atoms with Gasteiger partial charge in [-0.15, -0.1) is 0 Å². The van der Waals surface area contributed by atoms with Crippen molar-refractivity contribution in [3.8, 4) is 5.69 Å². The Balaban J connectivity index is 2.51. The highest BCUT2D eigenvalue weighted by atomic mass is 32.2. The summed E-state index contributed by atoms with van der Waals surface area (Å²) in [4.78, 5) is 3.77. The number of alkyl halides is 3. The second kappa shape index (κ2) is 8.02. The summed E-state index contributed by atoms with van der Waals surface area (Å²) >= 11 is 0. The number of nitrogens with two attached hydrogens (primary N) is 1. The number of imidazole rings is 1. The maximum absolute atomic E-state index is 13.2. The normalized spacial score (nSPS) is 13.9. The number of sulfonamides is 1. The average Bonchev–Trinajstić information content (AvgIpc) is 3.00. The summed E-state index contributed by atoms with van der Waals surface area (Å²) < 4.78 is 63.9. The number of primary sulfonamides is 1. The maximum atomic E-state index is 13.2. The third-order valence-corrected chi connectivity index (χ3v) is 5.35. The van der Waals surface area contributed by atoms with Crippen LogP contribution in [0.15, 0.2) is 35.4 Å². The van der Waals surface area contributed by atoms with Crippen LogP contribution < -0.4 is 5.14 Å². The van der Waals surface area contributed by atoms with E-state index in [1.807, 2.05) is 6.92 Å². The molecule has 0 spiro atoms. The molecule has 2 N–H and O–H groups in total. The average molecular weight is 403 g/mol. The van der Waals surface area contributed by atoms with Crippen LogP contribution in [-0.2, 0) is 16.2 Å². The van der Waals surface area contributed by atoms with Crippen molar-refractivity contribution in [2.45, 2.75) is 57.0 Å². The minimum absolute atomic E-state index is 0.101. The summed E-state index contributed by atoms with van der Waals surface area (Å²) in [6, 6.07) is 5.41. The van der Waals surface area contributed by atoms with Gasteiger partial charge in [-0.05, 0) is 43.0 Å². The highest BCUT2D eigenvalue weighted by Crippen LogP contribution is 2.34. The first-order chi connectivity index (χ1) is 12.4. The van der Waals surface area contributed by atoms with Gasteiger partial charge >= 0.3 is 6.18 Å². The van der Waals surface area contributed by atoms with Crippen LogP contribution in [0, 0.1) is 5.92 Å². The van der Waals surface area contributed by atoms with Crippen LogP contribution in [0.25, 0.3) is 5.69 Å². The predicted molar refractivity (Wildman–Crippen MR) is 97.0 cm³/mol. The van der Waals surface area contributed by atoms with Crippen molar-refractivity contribution >= 4 is 10.0 Å². The van der Waals surface area contributed by atoms with Gasteiger partial charge in [0.1, 0.15) is 5.82 Å². The smallest absolute Gasteiger partial charge is 0.303 e. The maximum Gasteiger partial charge on any atom is 0.434 e. The van der Waals surface area contributed by atoms with E-state index in [1.165, 1.54) is 28.8 Å². The number of halogens is 3. The van der Waals surface area contributed by atoms with E-state index in [1.54, 1.807) is 0 Å². The van der Waals surface area contributed by atoms with Gasteiger partial charge in [0.25, 0.3) is 0 Å². The molecule has 27 heavy (non-hydrogen) atoms. The SMILES string of the molecule is CCC(CCC(C)C)c1nc(C(F)(F)F)cn1-c1ccc(S(N)(=O)=O)cc1. The second-order valence-corrected chi connectivity index (χ2v) is 8.53. The van der Waals surface area contributed by atoms with Gasteiger partial charge in [-0.2, -0.15) is 13.2 Å². The Bertz CT molecular complexity index is 872. The molecule has 2 aromatic rings. The highest BCUT2D eigenvalue weighted by Gasteiger charge is 2.36. The van der Waals surface area contributed by atoms with E-state index in [0.29, 0.717) is 23.9 Å². The first kappa shape index (κ1) is 21.4. The zero-order valence-electron chi connectivity index (χ0n) is 15.5. The molecule has 2 rings (SSSR count). The Morgan fingerprint density at radius 2 is 1.74 bits per heavy atom. The van der Waals surface area contributed by atoms with Gasteiger partial charge in [0.15, 0.2) is 5.69 Å². The Hall–Kier alpha value is -1.87. The molecule has 0 bridgehead atoms. The lowest BCUT2D eigenvalue weighted by Gasteiger charge is -2.18. The molecule has 0 aliphatic carbocycles. The van der Waals surface area contributed by atoms with E-state index < -0.39 is 21.9 Å². The monoisotopic (exact) mass is 403 g/mol. The summed E-state index contributed by atoms with van der Waals surface area (Å²) in [7, 11) is -3.87. The predicted octanol–water partition coefficient (Wildman–Crippen LogP) is 4.47. The zero-order valence-corrected chi connectivity index (χ0v) is 16.3. The van der Waals surface area contributed by atoms with E-state index in [4.69, 9.17) is 5.14 Å². The Morgan fingerprint density at radius 3 is 2.19 bits per heavy atom. The molecule has 0 fully saturated rings. The molecule has 1 aromatic heterocycles. The van der Waals surface area contributed by atoms with Crippen LogP contribution in [0.5, 0.6) is 0 Å².